The topological polar surface area (TPSA) is 77.2 Å². The van der Waals surface area contributed by atoms with Crippen LogP contribution in [0.15, 0.2) is 42.5 Å². The molecule has 15 heavy (non-hydrogen) atoms. The molecule has 1 rings (SSSR count). The van der Waals surface area contributed by atoms with Gasteiger partial charge in [0.1, 0.15) is 0 Å². The Morgan fingerprint density at radius 3 is 2.13 bits per heavy atom. The lowest BCUT2D eigenvalue weighted by Gasteiger charge is -1.92. The Balaban J connectivity index is 2.73. The molecule has 4 nitrogen and oxygen atoms in total. The van der Waals surface area contributed by atoms with Crippen LogP contribution in [-0.4, -0.2) is 17.5 Å². The van der Waals surface area contributed by atoms with Gasteiger partial charge in [-0.2, -0.15) is 0 Å². The highest BCUT2D eigenvalue weighted by atomic mass is 16.2. The van der Waals surface area contributed by atoms with E-state index in [9.17, 15) is 14.4 Å². The quantitative estimate of drug-likeness (QED) is 0.439. The second-order valence-corrected chi connectivity index (χ2v) is 2.79. The molecule has 0 saturated heterocycles. The summed E-state index contributed by atoms with van der Waals surface area (Å²) < 4.78 is 0. The van der Waals surface area contributed by atoms with E-state index in [1.165, 1.54) is 0 Å². The first-order chi connectivity index (χ1) is 7.11. The summed E-state index contributed by atoms with van der Waals surface area (Å²) in [6.07, 6.45) is 1.90. The number of rotatable bonds is 4. The maximum Gasteiger partial charge on any atom is 0.289 e. The standard InChI is InChI=1S/C11H9NO3/c12-11(15)10(14)7-6-9(13)8-4-2-1-3-5-8/h1-7H,(H2,12,15). The van der Waals surface area contributed by atoms with E-state index in [4.69, 9.17) is 5.73 Å². The zero-order chi connectivity index (χ0) is 11.3. The summed E-state index contributed by atoms with van der Waals surface area (Å²) in [5, 5.41) is 0. The third-order valence-corrected chi connectivity index (χ3v) is 1.69. The minimum atomic E-state index is -1.08. The van der Waals surface area contributed by atoms with E-state index in [0.29, 0.717) is 5.56 Å². The summed E-state index contributed by atoms with van der Waals surface area (Å²) in [5.41, 5.74) is 5.16. The molecule has 1 aromatic rings. The molecule has 0 radical (unpaired) electrons. The molecule has 0 atom stereocenters. The normalized spacial score (nSPS) is 10.1. The average Bonchev–Trinajstić information content (AvgIpc) is 2.26. The van der Waals surface area contributed by atoms with E-state index in [0.717, 1.165) is 12.2 Å². The van der Waals surface area contributed by atoms with Crippen LogP contribution in [0, 0.1) is 0 Å². The van der Waals surface area contributed by atoms with Crippen molar-refractivity contribution in [2.75, 3.05) is 0 Å². The summed E-state index contributed by atoms with van der Waals surface area (Å²) in [5.74, 6) is -2.31. The summed E-state index contributed by atoms with van der Waals surface area (Å²) in [6, 6.07) is 8.41. The van der Waals surface area contributed by atoms with E-state index >= 15 is 0 Å². The van der Waals surface area contributed by atoms with Crippen LogP contribution in [-0.2, 0) is 9.59 Å². The van der Waals surface area contributed by atoms with Crippen LogP contribution in [0.1, 0.15) is 10.4 Å². The van der Waals surface area contributed by atoms with Gasteiger partial charge in [-0.05, 0) is 12.2 Å². The molecule has 1 amide bonds. The molecule has 0 aliphatic heterocycles. The van der Waals surface area contributed by atoms with E-state index in [2.05, 4.69) is 0 Å². The zero-order valence-electron chi connectivity index (χ0n) is 7.84. The molecule has 1 aromatic carbocycles. The smallest absolute Gasteiger partial charge is 0.289 e. The van der Waals surface area contributed by atoms with Crippen molar-refractivity contribution in [3.05, 3.63) is 48.0 Å². The van der Waals surface area contributed by atoms with E-state index in [1.54, 1.807) is 30.3 Å². The summed E-state index contributed by atoms with van der Waals surface area (Å²) in [4.78, 5) is 32.5. The Kier molecular flexibility index (Phi) is 3.51. The molecular formula is C11H9NO3. The van der Waals surface area contributed by atoms with Crippen molar-refractivity contribution in [3.8, 4) is 0 Å². The van der Waals surface area contributed by atoms with Crippen LogP contribution in [0.5, 0.6) is 0 Å². The predicted octanol–water partition coefficient (Wildman–Crippen LogP) is 0.480. The van der Waals surface area contributed by atoms with Crippen LogP contribution < -0.4 is 5.73 Å². The molecule has 0 aliphatic carbocycles. The number of carbonyl (C=O) groups is 3. The fourth-order valence-corrected chi connectivity index (χ4v) is 0.932. The second kappa shape index (κ2) is 4.85. The maximum atomic E-state index is 11.4. The Morgan fingerprint density at radius 2 is 1.60 bits per heavy atom. The zero-order valence-corrected chi connectivity index (χ0v) is 7.84. The summed E-state index contributed by atoms with van der Waals surface area (Å²) in [7, 11) is 0. The van der Waals surface area contributed by atoms with E-state index in [1.807, 2.05) is 0 Å². The van der Waals surface area contributed by atoms with Crippen molar-refractivity contribution in [1.82, 2.24) is 0 Å². The first-order valence-corrected chi connectivity index (χ1v) is 4.22. The van der Waals surface area contributed by atoms with Crippen LogP contribution in [0.4, 0.5) is 0 Å². The first-order valence-electron chi connectivity index (χ1n) is 4.22. The molecule has 4 heteroatoms. The van der Waals surface area contributed by atoms with Crippen LogP contribution >= 0.6 is 0 Å². The van der Waals surface area contributed by atoms with Crippen LogP contribution in [0.25, 0.3) is 0 Å². The van der Waals surface area contributed by atoms with Gasteiger partial charge in [-0.25, -0.2) is 0 Å². The molecule has 0 saturated carbocycles. The van der Waals surface area contributed by atoms with Crippen molar-refractivity contribution in [3.63, 3.8) is 0 Å². The molecule has 0 heterocycles. The number of primary amides is 1. The lowest BCUT2D eigenvalue weighted by atomic mass is 10.1. The van der Waals surface area contributed by atoms with E-state index < -0.39 is 11.7 Å². The van der Waals surface area contributed by atoms with Crippen molar-refractivity contribution in [1.29, 1.82) is 0 Å². The number of ketones is 2. The van der Waals surface area contributed by atoms with Crippen LogP contribution in [0.3, 0.4) is 0 Å². The SMILES string of the molecule is NC(=O)C(=O)C=CC(=O)c1ccccc1. The van der Waals surface area contributed by atoms with Gasteiger partial charge < -0.3 is 5.73 Å². The largest absolute Gasteiger partial charge is 0.363 e. The van der Waals surface area contributed by atoms with Gasteiger partial charge in [0.15, 0.2) is 5.78 Å². The lowest BCUT2D eigenvalue weighted by molar-refractivity contribution is -0.133. The van der Waals surface area contributed by atoms with Crippen molar-refractivity contribution in [2.45, 2.75) is 0 Å². The van der Waals surface area contributed by atoms with Crippen LogP contribution in [0.2, 0.25) is 0 Å². The van der Waals surface area contributed by atoms with Gasteiger partial charge >= 0.3 is 0 Å². The second-order valence-electron chi connectivity index (χ2n) is 2.79. The maximum absolute atomic E-state index is 11.4. The molecule has 0 fully saturated rings. The molecule has 0 aromatic heterocycles. The highest BCUT2D eigenvalue weighted by Crippen LogP contribution is 2.00. The third-order valence-electron chi connectivity index (χ3n) is 1.69. The number of carbonyl (C=O) groups excluding carboxylic acids is 3. The first kappa shape index (κ1) is 10.8. The fraction of sp³-hybridized carbons (Fsp3) is 0. The Morgan fingerprint density at radius 1 is 1.00 bits per heavy atom. The Bertz CT molecular complexity index is 421. The highest BCUT2D eigenvalue weighted by molar-refractivity contribution is 6.40. The molecule has 0 aliphatic rings. The minimum Gasteiger partial charge on any atom is -0.363 e. The Labute approximate surface area is 86.4 Å². The summed E-state index contributed by atoms with van der Waals surface area (Å²) >= 11 is 0. The monoisotopic (exact) mass is 203 g/mol. The number of amides is 1. The van der Waals surface area contributed by atoms with E-state index in [-0.39, 0.29) is 5.78 Å². The number of benzene rings is 1. The molecule has 0 spiro atoms. The minimum absolute atomic E-state index is 0.342. The van der Waals surface area contributed by atoms with Crippen molar-refractivity contribution >= 4 is 17.5 Å². The van der Waals surface area contributed by atoms with Crippen molar-refractivity contribution < 1.29 is 14.4 Å². The van der Waals surface area contributed by atoms with Gasteiger partial charge in [0.25, 0.3) is 5.91 Å². The lowest BCUT2D eigenvalue weighted by Crippen LogP contribution is -2.20. The van der Waals surface area contributed by atoms with Gasteiger partial charge in [-0.15, -0.1) is 0 Å². The molecular weight excluding hydrogens is 194 g/mol. The van der Waals surface area contributed by atoms with Gasteiger partial charge in [-0.3, -0.25) is 14.4 Å². The van der Waals surface area contributed by atoms with Gasteiger partial charge in [0.05, 0.1) is 0 Å². The number of allylic oxidation sites excluding steroid dienone is 1. The van der Waals surface area contributed by atoms with Crippen molar-refractivity contribution in [2.24, 2.45) is 5.73 Å². The molecule has 2 N–H and O–H groups in total. The predicted molar refractivity (Wildman–Crippen MR) is 54.1 cm³/mol. The fourth-order valence-electron chi connectivity index (χ4n) is 0.932. The average molecular weight is 203 g/mol. The molecule has 0 bridgehead atoms. The summed E-state index contributed by atoms with van der Waals surface area (Å²) in [6.45, 7) is 0. The third kappa shape index (κ3) is 3.19. The highest BCUT2D eigenvalue weighted by Gasteiger charge is 2.05. The molecule has 0 unspecified atom stereocenters. The van der Waals surface area contributed by atoms with Gasteiger partial charge in [-0.1, -0.05) is 30.3 Å². The van der Waals surface area contributed by atoms with Gasteiger partial charge in [0.2, 0.25) is 5.78 Å². The van der Waals surface area contributed by atoms with Gasteiger partial charge in [0, 0.05) is 5.56 Å². The number of hydrogen-bond acceptors (Lipinski definition) is 3. The number of nitrogens with two attached hydrogens (primary N) is 1. The number of hydrogen-bond donors (Lipinski definition) is 1. The Hall–Kier alpha value is -2.23. The molecule has 76 valence electrons.